The van der Waals surface area contributed by atoms with Crippen molar-refractivity contribution in [3.05, 3.63) is 29.3 Å². The molecular formula is C13H21O4P. The summed E-state index contributed by atoms with van der Waals surface area (Å²) in [5.41, 5.74) is 1.55. The van der Waals surface area contributed by atoms with Gasteiger partial charge in [0.1, 0.15) is 5.75 Å². The molecule has 1 unspecified atom stereocenters. The van der Waals surface area contributed by atoms with Gasteiger partial charge in [-0.25, -0.2) is 0 Å². The van der Waals surface area contributed by atoms with Crippen LogP contribution in [0.2, 0.25) is 0 Å². The van der Waals surface area contributed by atoms with E-state index in [0.717, 1.165) is 30.4 Å². The highest BCUT2D eigenvalue weighted by molar-refractivity contribution is 7.51. The highest BCUT2D eigenvalue weighted by Gasteiger charge is 2.19. The van der Waals surface area contributed by atoms with Crippen molar-refractivity contribution in [1.29, 1.82) is 0 Å². The van der Waals surface area contributed by atoms with E-state index in [1.165, 1.54) is 0 Å². The van der Waals surface area contributed by atoms with Crippen LogP contribution in [-0.4, -0.2) is 16.6 Å². The molecule has 0 fully saturated rings. The average molecular weight is 272 g/mol. The van der Waals surface area contributed by atoms with E-state index < -0.39 is 7.60 Å². The third kappa shape index (κ3) is 4.81. The summed E-state index contributed by atoms with van der Waals surface area (Å²) in [5, 5.41) is 9.70. The van der Waals surface area contributed by atoms with Gasteiger partial charge in [-0.3, -0.25) is 4.57 Å². The molecule has 1 atom stereocenters. The number of aryl methyl sites for hydroxylation is 1. The molecule has 0 aliphatic heterocycles. The molecule has 0 amide bonds. The van der Waals surface area contributed by atoms with Gasteiger partial charge in [-0.1, -0.05) is 25.5 Å². The molecule has 0 bridgehead atoms. The lowest BCUT2D eigenvalue weighted by Gasteiger charge is -2.12. The second-order valence-corrected chi connectivity index (χ2v) is 6.13. The number of phenols is 1. The first kappa shape index (κ1) is 15.2. The molecule has 2 N–H and O–H groups in total. The topological polar surface area (TPSA) is 66.8 Å². The maximum absolute atomic E-state index is 11.7. The minimum Gasteiger partial charge on any atom is -0.508 e. The fourth-order valence-corrected chi connectivity index (χ4v) is 2.94. The van der Waals surface area contributed by atoms with Crippen molar-refractivity contribution in [2.45, 2.75) is 39.3 Å². The molecule has 18 heavy (non-hydrogen) atoms. The number of hydrogen-bond donors (Lipinski definition) is 2. The van der Waals surface area contributed by atoms with Crippen LogP contribution in [0.1, 0.15) is 37.8 Å². The van der Waals surface area contributed by atoms with Crippen LogP contribution in [0.25, 0.3) is 0 Å². The molecule has 0 saturated carbocycles. The van der Waals surface area contributed by atoms with Crippen molar-refractivity contribution in [3.8, 4) is 5.75 Å². The molecule has 1 aromatic rings. The number of phenolic OH excluding ortho intramolecular Hbond substituents is 1. The first-order valence-electron chi connectivity index (χ1n) is 6.25. The number of unbranched alkanes of at least 4 members (excludes halogenated alkanes) is 1. The molecule has 1 aromatic carbocycles. The van der Waals surface area contributed by atoms with E-state index in [0.29, 0.717) is 0 Å². The molecule has 4 nitrogen and oxygen atoms in total. The maximum Gasteiger partial charge on any atom is 0.332 e. The predicted molar refractivity (Wildman–Crippen MR) is 71.9 cm³/mol. The SMILES string of the molecule is CCCCc1cc(CP(=O)(O)OCC)ccc1O. The molecule has 0 aliphatic rings. The molecule has 0 spiro atoms. The van der Waals surface area contributed by atoms with Crippen molar-refractivity contribution < 1.29 is 19.1 Å². The lowest BCUT2D eigenvalue weighted by molar-refractivity contribution is 0.272. The Morgan fingerprint density at radius 3 is 2.67 bits per heavy atom. The lowest BCUT2D eigenvalue weighted by Crippen LogP contribution is -1.95. The molecule has 0 saturated heterocycles. The summed E-state index contributed by atoms with van der Waals surface area (Å²) in [5.74, 6) is 0.247. The normalized spacial score (nSPS) is 14.4. The van der Waals surface area contributed by atoms with E-state index in [2.05, 4.69) is 6.92 Å². The summed E-state index contributed by atoms with van der Waals surface area (Å²) >= 11 is 0. The van der Waals surface area contributed by atoms with Crippen LogP contribution in [0.4, 0.5) is 0 Å². The lowest BCUT2D eigenvalue weighted by atomic mass is 10.1. The summed E-state index contributed by atoms with van der Waals surface area (Å²) in [6, 6.07) is 5.02. The largest absolute Gasteiger partial charge is 0.508 e. The van der Waals surface area contributed by atoms with Gasteiger partial charge in [-0.2, -0.15) is 0 Å². The second kappa shape index (κ2) is 6.93. The standard InChI is InChI=1S/C13H21O4P/c1-3-5-6-12-9-11(7-8-13(12)14)10-18(15,16)17-4-2/h7-9,14H,3-6,10H2,1-2H3,(H,15,16). The second-order valence-electron chi connectivity index (χ2n) is 4.28. The van der Waals surface area contributed by atoms with Crippen LogP contribution in [-0.2, 0) is 21.7 Å². The Labute approximate surface area is 108 Å². The van der Waals surface area contributed by atoms with Crippen LogP contribution >= 0.6 is 7.60 Å². The molecule has 0 heterocycles. The van der Waals surface area contributed by atoms with Crippen molar-refractivity contribution in [1.82, 2.24) is 0 Å². The quantitative estimate of drug-likeness (QED) is 0.746. The van der Waals surface area contributed by atoms with E-state index >= 15 is 0 Å². The summed E-state index contributed by atoms with van der Waals surface area (Å²) in [7, 11) is -3.56. The molecule has 102 valence electrons. The highest BCUT2D eigenvalue weighted by Crippen LogP contribution is 2.45. The van der Waals surface area contributed by atoms with Crippen molar-refractivity contribution >= 4 is 7.60 Å². The molecule has 0 radical (unpaired) electrons. The van der Waals surface area contributed by atoms with Gasteiger partial charge >= 0.3 is 7.60 Å². The van der Waals surface area contributed by atoms with E-state index in [1.54, 1.807) is 25.1 Å². The van der Waals surface area contributed by atoms with Gasteiger partial charge in [0.2, 0.25) is 0 Å². The molecule has 0 aliphatic carbocycles. The van der Waals surface area contributed by atoms with E-state index in [4.69, 9.17) is 4.52 Å². The van der Waals surface area contributed by atoms with Crippen LogP contribution in [0.5, 0.6) is 5.75 Å². The van der Waals surface area contributed by atoms with Crippen LogP contribution in [0.15, 0.2) is 18.2 Å². The third-order valence-electron chi connectivity index (χ3n) is 2.66. The summed E-state index contributed by atoms with van der Waals surface area (Å²) in [6.45, 7) is 3.98. The monoisotopic (exact) mass is 272 g/mol. The van der Waals surface area contributed by atoms with Gasteiger partial charge in [0.25, 0.3) is 0 Å². The number of hydrogen-bond acceptors (Lipinski definition) is 3. The zero-order valence-corrected chi connectivity index (χ0v) is 11.8. The summed E-state index contributed by atoms with van der Waals surface area (Å²) in [4.78, 5) is 9.57. The molecular weight excluding hydrogens is 251 g/mol. The Morgan fingerprint density at radius 2 is 2.06 bits per heavy atom. The number of aromatic hydroxyl groups is 1. The Morgan fingerprint density at radius 1 is 1.33 bits per heavy atom. The van der Waals surface area contributed by atoms with Crippen LogP contribution < -0.4 is 0 Å². The highest BCUT2D eigenvalue weighted by atomic mass is 31.2. The fourth-order valence-electron chi connectivity index (χ4n) is 1.78. The Kier molecular flexibility index (Phi) is 5.86. The van der Waals surface area contributed by atoms with Gasteiger partial charge in [-0.15, -0.1) is 0 Å². The smallest absolute Gasteiger partial charge is 0.332 e. The van der Waals surface area contributed by atoms with Gasteiger partial charge in [0, 0.05) is 0 Å². The molecule has 1 rings (SSSR count). The van der Waals surface area contributed by atoms with Crippen molar-refractivity contribution in [2.75, 3.05) is 6.61 Å². The minimum absolute atomic E-state index is 0.0136. The average Bonchev–Trinajstić information content (AvgIpc) is 2.29. The van der Waals surface area contributed by atoms with Crippen LogP contribution in [0.3, 0.4) is 0 Å². The summed E-state index contributed by atoms with van der Waals surface area (Å²) in [6.07, 6.45) is 2.79. The van der Waals surface area contributed by atoms with Gasteiger partial charge < -0.3 is 14.5 Å². The Bertz CT molecular complexity index is 431. The van der Waals surface area contributed by atoms with Gasteiger partial charge in [0.05, 0.1) is 12.8 Å². The molecule has 0 aromatic heterocycles. The van der Waals surface area contributed by atoms with Crippen molar-refractivity contribution in [3.63, 3.8) is 0 Å². The first-order valence-corrected chi connectivity index (χ1v) is 8.02. The van der Waals surface area contributed by atoms with Gasteiger partial charge in [0.15, 0.2) is 0 Å². The first-order chi connectivity index (χ1) is 8.48. The van der Waals surface area contributed by atoms with Crippen molar-refractivity contribution in [2.24, 2.45) is 0 Å². The minimum atomic E-state index is -3.56. The number of benzene rings is 1. The molecule has 5 heteroatoms. The number of rotatable bonds is 7. The zero-order chi connectivity index (χ0) is 13.6. The maximum atomic E-state index is 11.7. The fraction of sp³-hybridized carbons (Fsp3) is 0.538. The Balaban J connectivity index is 2.81. The van der Waals surface area contributed by atoms with Gasteiger partial charge in [-0.05, 0) is 37.0 Å². The Hall–Kier alpha value is -0.830. The van der Waals surface area contributed by atoms with E-state index in [-0.39, 0.29) is 18.5 Å². The van der Waals surface area contributed by atoms with E-state index in [9.17, 15) is 14.6 Å². The van der Waals surface area contributed by atoms with Crippen LogP contribution in [0, 0.1) is 0 Å². The van der Waals surface area contributed by atoms with E-state index in [1.807, 2.05) is 0 Å². The summed E-state index contributed by atoms with van der Waals surface area (Å²) < 4.78 is 16.5. The third-order valence-corrected chi connectivity index (χ3v) is 4.08. The predicted octanol–water partition coefficient (Wildman–Crippen LogP) is 3.46. The zero-order valence-electron chi connectivity index (χ0n) is 10.9.